The quantitative estimate of drug-likeness (QED) is 0.0765. The van der Waals surface area contributed by atoms with E-state index >= 15 is 13.6 Å². The third-order valence-electron chi connectivity index (χ3n) is 16.4. The van der Waals surface area contributed by atoms with Crippen molar-refractivity contribution < 1.29 is 70.6 Å². The summed E-state index contributed by atoms with van der Waals surface area (Å²) >= 11 is 0. The van der Waals surface area contributed by atoms with E-state index in [4.69, 9.17) is 37.6 Å². The lowest BCUT2D eigenvalue weighted by Crippen LogP contribution is -2.79. The Morgan fingerprint density at radius 2 is 1.63 bits per heavy atom. The summed E-state index contributed by atoms with van der Waals surface area (Å²) in [5, 5.41) is 16.4. The largest absolute Gasteiger partial charge is 0.456 e. The molecule has 0 spiro atoms. The normalized spacial score (nSPS) is 34.6. The predicted octanol–water partition coefficient (Wildman–Crippen LogP) is 7.49. The maximum Gasteiger partial charge on any atom is 0.408 e. The number of benzene rings is 1. The highest BCUT2D eigenvalue weighted by Gasteiger charge is 2.77. The van der Waals surface area contributed by atoms with E-state index in [2.05, 4.69) is 10.2 Å². The molecule has 3 heterocycles. The van der Waals surface area contributed by atoms with Crippen LogP contribution in [0.1, 0.15) is 119 Å². The Kier molecular flexibility index (Phi) is 14.5. The number of likely N-dealkylation sites (tertiary alicyclic amines) is 1. The van der Waals surface area contributed by atoms with Gasteiger partial charge < -0.3 is 48.0 Å². The summed E-state index contributed by atoms with van der Waals surface area (Å²) in [6.07, 6.45) is -8.84. The molecule has 2 N–H and O–H groups in total. The second-order valence-electron chi connectivity index (χ2n) is 21.9. The Morgan fingerprint density at radius 3 is 2.16 bits per heavy atom. The molecule has 5 fully saturated rings. The van der Waals surface area contributed by atoms with Crippen molar-refractivity contribution in [3.63, 3.8) is 0 Å². The Bertz CT molecular complexity index is 2090. The van der Waals surface area contributed by atoms with Gasteiger partial charge in [0.15, 0.2) is 25.8 Å². The zero-order chi connectivity index (χ0) is 50.0. The van der Waals surface area contributed by atoms with Gasteiger partial charge in [0.05, 0.1) is 24.2 Å². The lowest BCUT2D eigenvalue weighted by atomic mass is 9.45. The van der Waals surface area contributed by atoms with Crippen molar-refractivity contribution in [1.29, 1.82) is 0 Å². The maximum absolute atomic E-state index is 15.6. The van der Waals surface area contributed by atoms with Gasteiger partial charge in [0.1, 0.15) is 41.7 Å². The number of halogens is 2. The van der Waals surface area contributed by atoms with Gasteiger partial charge in [0, 0.05) is 30.7 Å². The van der Waals surface area contributed by atoms with E-state index in [0.717, 1.165) is 19.5 Å². The smallest absolute Gasteiger partial charge is 0.408 e. The fourth-order valence-electron chi connectivity index (χ4n) is 12.3. The van der Waals surface area contributed by atoms with Gasteiger partial charge in [-0.05, 0) is 108 Å². The molecule has 1 aromatic carbocycles. The Balaban J connectivity index is 1.42. The summed E-state index contributed by atoms with van der Waals surface area (Å²) in [6.45, 7) is 22.5. The number of alkyl carbamates (subject to hydrolysis) is 1. The van der Waals surface area contributed by atoms with Crippen LogP contribution in [0.4, 0.5) is 13.6 Å². The minimum Gasteiger partial charge on any atom is -0.456 e. The van der Waals surface area contributed by atoms with Gasteiger partial charge in [-0.25, -0.2) is 23.2 Å². The summed E-state index contributed by atoms with van der Waals surface area (Å²) < 4.78 is 83.3. The zero-order valence-electron chi connectivity index (χ0n) is 41.9. The highest BCUT2D eigenvalue weighted by atomic mass is 28.4. The fraction of sp³-hybridized carbons (Fsp3) is 0.760. The molecule has 7 rings (SSSR count). The molecule has 2 bridgehead atoms. The molecule has 18 heteroatoms. The molecule has 0 aromatic heterocycles. The van der Waals surface area contributed by atoms with Gasteiger partial charge in [-0.15, -0.1) is 0 Å². The van der Waals surface area contributed by atoms with Gasteiger partial charge in [-0.3, -0.25) is 9.69 Å². The Morgan fingerprint density at radius 1 is 0.985 bits per heavy atom. The van der Waals surface area contributed by atoms with Gasteiger partial charge in [-0.1, -0.05) is 59.7 Å². The first-order chi connectivity index (χ1) is 31.7. The number of carbonyl (C=O) groups is 4. The minimum atomic E-state index is -3.33. The lowest BCUT2D eigenvalue weighted by molar-refractivity contribution is -0.345. The van der Waals surface area contributed by atoms with Crippen molar-refractivity contribution in [2.24, 2.45) is 16.7 Å². The summed E-state index contributed by atoms with van der Waals surface area (Å²) in [5.41, 5.74) is -8.23. The fourth-order valence-corrected chi connectivity index (χ4v) is 15.4. The van der Waals surface area contributed by atoms with E-state index in [-0.39, 0.29) is 12.2 Å². The number of nitrogens with zero attached hydrogens (tertiary/aromatic N) is 1. The van der Waals surface area contributed by atoms with Crippen molar-refractivity contribution in [2.75, 3.05) is 26.2 Å². The average Bonchev–Trinajstić information content (AvgIpc) is 3.66. The van der Waals surface area contributed by atoms with E-state index in [1.165, 1.54) is 13.8 Å². The predicted molar refractivity (Wildman–Crippen MR) is 247 cm³/mol. The maximum atomic E-state index is 15.6. The molecule has 3 aliphatic heterocycles. The standard InChI is InChI=1S/C50H74F2N2O13Si/c1-13-68(14-2,15-3)67-48(12,38(41(51)52)53-44(58)66-45(6,7)8)43(57)61-32-26-50(59)40(64-42(56)31-20-17-16-18-21-31)37-47(11,23-22-33-49(37,28-60-33)65-30(5)55)39-36(35(29(32)4)46(50,9)10)62-34(63-39)27-54-24-19-25-54/h16-18,20-21,32-34,36-41,59H,13-15,19,22-28H2,1-12H3,(H,53,58)/t32-,33+,34+,36+,37-,38-,39+,40-,47+,48+,49-,50+/m0/s1. The van der Waals surface area contributed by atoms with Crippen molar-refractivity contribution in [3.8, 4) is 0 Å². The molecule has 380 valence electrons. The van der Waals surface area contributed by atoms with Crippen LogP contribution in [0.15, 0.2) is 41.5 Å². The van der Waals surface area contributed by atoms with Gasteiger partial charge in [-0.2, -0.15) is 0 Å². The minimum absolute atomic E-state index is 0.0593. The molecule has 0 unspecified atom stereocenters. The van der Waals surface area contributed by atoms with Crippen molar-refractivity contribution in [3.05, 3.63) is 47.0 Å². The first kappa shape index (κ1) is 52.3. The number of carbonyl (C=O) groups excluding carboxylic acids is 4. The number of nitrogens with one attached hydrogen (secondary N) is 1. The number of fused-ring (bicyclic) bond motifs is 8. The van der Waals surface area contributed by atoms with E-state index in [9.17, 15) is 19.5 Å². The molecule has 3 saturated heterocycles. The van der Waals surface area contributed by atoms with Crippen LogP contribution < -0.4 is 5.32 Å². The molecule has 3 aliphatic carbocycles. The zero-order valence-corrected chi connectivity index (χ0v) is 42.9. The molecule has 68 heavy (non-hydrogen) atoms. The SMILES string of the molecule is CC[Si](CC)(CC)O[C@@](C)(C(=O)O[C@H]1C[C@@]2(O)[C@@H](OC(=O)c3ccccc3)[C@H]3[C@@](C)(CC[C@H]4OC[C@]43OC(C)=O)[C@@H]3O[C@H](CN4CCC4)O[C@@H]3C(=C1C)C2(C)C)[C@@H](NC(=O)OC(C)(C)C)C(F)F. The highest BCUT2D eigenvalue weighted by molar-refractivity contribution is 6.73. The number of rotatable bonds is 15. The molecule has 15 nitrogen and oxygen atoms in total. The van der Waals surface area contributed by atoms with Crippen LogP contribution in [0.5, 0.6) is 0 Å². The number of hydrogen-bond donors (Lipinski definition) is 2. The molecule has 6 aliphatic rings. The monoisotopic (exact) mass is 976 g/mol. The molecule has 0 radical (unpaired) electrons. The molecule has 1 aromatic rings. The Labute approximate surface area is 400 Å². The molecular formula is C50H74F2N2O13Si. The third-order valence-corrected chi connectivity index (χ3v) is 21.2. The van der Waals surface area contributed by atoms with Gasteiger partial charge in [0.25, 0.3) is 6.43 Å². The molecular weight excluding hydrogens is 903 g/mol. The van der Waals surface area contributed by atoms with Crippen LogP contribution in [0.25, 0.3) is 0 Å². The van der Waals surface area contributed by atoms with Crippen LogP contribution in [-0.2, 0) is 47.2 Å². The number of alkyl halides is 2. The van der Waals surface area contributed by atoms with Crippen LogP contribution in [-0.4, -0.2) is 140 Å². The van der Waals surface area contributed by atoms with Crippen molar-refractivity contribution in [2.45, 2.75) is 199 Å². The van der Waals surface area contributed by atoms with Crippen molar-refractivity contribution in [1.82, 2.24) is 10.2 Å². The van der Waals surface area contributed by atoms with Crippen LogP contribution in [0, 0.1) is 16.7 Å². The first-order valence-electron chi connectivity index (χ1n) is 24.5. The van der Waals surface area contributed by atoms with E-state index in [1.54, 1.807) is 58.0 Å². The van der Waals surface area contributed by atoms with Crippen LogP contribution in [0.3, 0.4) is 0 Å². The summed E-state index contributed by atoms with van der Waals surface area (Å²) in [6, 6.07) is 7.50. The van der Waals surface area contributed by atoms with Crippen LogP contribution >= 0.6 is 0 Å². The third kappa shape index (κ3) is 9.06. The van der Waals surface area contributed by atoms with E-state index in [0.29, 0.717) is 48.7 Å². The summed E-state index contributed by atoms with van der Waals surface area (Å²) in [7, 11) is -2.98. The number of hydrogen-bond acceptors (Lipinski definition) is 14. The van der Waals surface area contributed by atoms with E-state index in [1.807, 2.05) is 41.5 Å². The highest BCUT2D eigenvalue weighted by Crippen LogP contribution is 2.67. The molecule has 1 amide bonds. The topological polar surface area (TPSA) is 178 Å². The van der Waals surface area contributed by atoms with Crippen molar-refractivity contribution >= 4 is 32.3 Å². The van der Waals surface area contributed by atoms with Gasteiger partial charge >= 0.3 is 24.0 Å². The van der Waals surface area contributed by atoms with Crippen LogP contribution in [0.2, 0.25) is 18.1 Å². The number of amides is 1. The van der Waals surface area contributed by atoms with Gasteiger partial charge in [0.2, 0.25) is 0 Å². The van der Waals surface area contributed by atoms with E-state index < -0.39 is 127 Å². The second kappa shape index (κ2) is 18.9. The lowest BCUT2D eigenvalue weighted by Gasteiger charge is -2.68. The molecule has 12 atom stereocenters. The number of esters is 3. The first-order valence-corrected chi connectivity index (χ1v) is 27.0. The Hall–Kier alpha value is -3.52. The summed E-state index contributed by atoms with van der Waals surface area (Å²) in [5.74, 6) is -3.54. The second-order valence-corrected chi connectivity index (χ2v) is 26.6. The summed E-state index contributed by atoms with van der Waals surface area (Å²) in [4.78, 5) is 58.7. The number of ether oxygens (including phenoxy) is 7. The number of aliphatic hydroxyl groups is 1. The molecule has 2 saturated carbocycles. The average molecular weight is 977 g/mol.